The lowest BCUT2D eigenvalue weighted by atomic mass is 10.2. The van der Waals surface area contributed by atoms with Gasteiger partial charge in [-0.15, -0.1) is 0 Å². The average Bonchev–Trinajstić information content (AvgIpc) is 2.27. The zero-order chi connectivity index (χ0) is 9.97. The summed E-state index contributed by atoms with van der Waals surface area (Å²) in [5.41, 5.74) is 0.431. The fraction of sp³-hybridized carbons (Fsp3) is 0.300. The van der Waals surface area contributed by atoms with Crippen LogP contribution in [-0.4, -0.2) is 24.4 Å². The van der Waals surface area contributed by atoms with Crippen LogP contribution in [0, 0.1) is 11.3 Å². The minimum atomic E-state index is -0.378. The molecule has 1 atom stereocenters. The number of nitrogens with zero attached hydrogens (tertiary/aromatic N) is 1. The Morgan fingerprint density at radius 2 is 2.43 bits per heavy atom. The molecule has 1 heterocycles. The van der Waals surface area contributed by atoms with E-state index in [1.54, 1.807) is 18.2 Å². The first kappa shape index (κ1) is 8.85. The number of rotatable bonds is 1. The van der Waals surface area contributed by atoms with Crippen LogP contribution < -0.4 is 9.47 Å². The van der Waals surface area contributed by atoms with E-state index in [1.165, 1.54) is 0 Å². The molecular weight excluding hydrogens is 182 g/mol. The molecule has 0 saturated heterocycles. The molecule has 0 bridgehead atoms. The van der Waals surface area contributed by atoms with Gasteiger partial charge in [-0.2, -0.15) is 5.26 Å². The number of benzene rings is 1. The zero-order valence-electron chi connectivity index (χ0n) is 7.43. The van der Waals surface area contributed by atoms with Gasteiger partial charge in [-0.25, -0.2) is 0 Å². The van der Waals surface area contributed by atoms with Crippen LogP contribution in [0.5, 0.6) is 11.5 Å². The number of fused-ring (bicyclic) bond motifs is 1. The molecule has 1 aliphatic heterocycles. The second-order valence-electron chi connectivity index (χ2n) is 2.98. The first-order chi connectivity index (χ1) is 6.85. The van der Waals surface area contributed by atoms with E-state index in [-0.39, 0.29) is 12.7 Å². The monoisotopic (exact) mass is 191 g/mol. The number of nitriles is 1. The van der Waals surface area contributed by atoms with E-state index in [0.29, 0.717) is 23.7 Å². The predicted octanol–water partition coefficient (Wildman–Crippen LogP) is 0.690. The number of para-hydroxylation sites is 1. The van der Waals surface area contributed by atoms with Gasteiger partial charge in [0.05, 0.1) is 12.2 Å². The van der Waals surface area contributed by atoms with Gasteiger partial charge in [0.25, 0.3) is 0 Å². The SMILES string of the molecule is N#Cc1cccc2c1OC(CO)CO2. The summed E-state index contributed by atoms with van der Waals surface area (Å²) in [4.78, 5) is 0. The van der Waals surface area contributed by atoms with Crippen molar-refractivity contribution in [3.8, 4) is 17.6 Å². The molecule has 0 aromatic heterocycles. The van der Waals surface area contributed by atoms with Crippen molar-refractivity contribution < 1.29 is 14.6 Å². The molecule has 0 radical (unpaired) electrons. The first-order valence-corrected chi connectivity index (χ1v) is 4.28. The van der Waals surface area contributed by atoms with Crippen molar-refractivity contribution in [3.63, 3.8) is 0 Å². The molecule has 0 aliphatic carbocycles. The molecule has 0 saturated carbocycles. The Hall–Kier alpha value is -1.73. The highest BCUT2D eigenvalue weighted by atomic mass is 16.6. The lowest BCUT2D eigenvalue weighted by molar-refractivity contribution is 0.0454. The zero-order valence-corrected chi connectivity index (χ0v) is 7.43. The highest BCUT2D eigenvalue weighted by Crippen LogP contribution is 2.34. The lowest BCUT2D eigenvalue weighted by Crippen LogP contribution is -2.32. The Labute approximate surface area is 81.3 Å². The molecule has 72 valence electrons. The number of ether oxygens (including phenoxy) is 2. The van der Waals surface area contributed by atoms with Crippen molar-refractivity contribution in [2.75, 3.05) is 13.2 Å². The van der Waals surface area contributed by atoms with Gasteiger partial charge in [0, 0.05) is 0 Å². The number of hydrogen-bond donors (Lipinski definition) is 1. The van der Waals surface area contributed by atoms with Crippen LogP contribution in [0.15, 0.2) is 18.2 Å². The van der Waals surface area contributed by atoms with Crippen molar-refractivity contribution in [3.05, 3.63) is 23.8 Å². The summed E-state index contributed by atoms with van der Waals surface area (Å²) in [6.07, 6.45) is -0.378. The minimum Gasteiger partial charge on any atom is -0.486 e. The van der Waals surface area contributed by atoms with Gasteiger partial charge in [0.15, 0.2) is 17.6 Å². The van der Waals surface area contributed by atoms with Gasteiger partial charge in [0.1, 0.15) is 12.7 Å². The molecule has 0 fully saturated rings. The van der Waals surface area contributed by atoms with Gasteiger partial charge < -0.3 is 14.6 Å². The van der Waals surface area contributed by atoms with E-state index in [9.17, 15) is 0 Å². The van der Waals surface area contributed by atoms with Crippen LogP contribution in [0.25, 0.3) is 0 Å². The van der Waals surface area contributed by atoms with Gasteiger partial charge >= 0.3 is 0 Å². The van der Waals surface area contributed by atoms with E-state index in [4.69, 9.17) is 19.8 Å². The Bertz CT molecular complexity index is 383. The molecule has 4 nitrogen and oxygen atoms in total. The summed E-state index contributed by atoms with van der Waals surface area (Å²) >= 11 is 0. The quantitative estimate of drug-likeness (QED) is 0.709. The third kappa shape index (κ3) is 1.38. The number of aliphatic hydroxyl groups excluding tert-OH is 1. The molecule has 1 aliphatic rings. The van der Waals surface area contributed by atoms with Crippen molar-refractivity contribution >= 4 is 0 Å². The largest absolute Gasteiger partial charge is 0.486 e. The highest BCUT2D eigenvalue weighted by Gasteiger charge is 2.22. The van der Waals surface area contributed by atoms with Crippen molar-refractivity contribution in [1.29, 1.82) is 5.26 Å². The molecular formula is C10H9NO3. The van der Waals surface area contributed by atoms with E-state index in [0.717, 1.165) is 0 Å². The normalized spacial score (nSPS) is 18.7. The summed E-state index contributed by atoms with van der Waals surface area (Å²) in [7, 11) is 0. The first-order valence-electron chi connectivity index (χ1n) is 4.28. The fourth-order valence-electron chi connectivity index (χ4n) is 1.31. The smallest absolute Gasteiger partial charge is 0.179 e. The predicted molar refractivity (Wildman–Crippen MR) is 48.2 cm³/mol. The number of hydrogen-bond acceptors (Lipinski definition) is 4. The van der Waals surface area contributed by atoms with E-state index in [1.807, 2.05) is 6.07 Å². The van der Waals surface area contributed by atoms with Gasteiger partial charge in [-0.1, -0.05) is 6.07 Å². The Balaban J connectivity index is 2.39. The summed E-state index contributed by atoms with van der Waals surface area (Å²) in [5, 5.41) is 17.7. The van der Waals surface area contributed by atoms with Gasteiger partial charge in [0.2, 0.25) is 0 Å². The Kier molecular flexibility index (Phi) is 2.25. The van der Waals surface area contributed by atoms with E-state index >= 15 is 0 Å². The van der Waals surface area contributed by atoms with E-state index < -0.39 is 0 Å². The van der Waals surface area contributed by atoms with Crippen molar-refractivity contribution in [2.45, 2.75) is 6.10 Å². The third-order valence-corrected chi connectivity index (χ3v) is 2.01. The standard InChI is InChI=1S/C10H9NO3/c11-4-7-2-1-3-9-10(7)14-8(5-12)6-13-9/h1-3,8,12H,5-6H2. The van der Waals surface area contributed by atoms with Crippen LogP contribution >= 0.6 is 0 Å². The van der Waals surface area contributed by atoms with Gasteiger partial charge in [-0.05, 0) is 12.1 Å². The van der Waals surface area contributed by atoms with E-state index in [2.05, 4.69) is 0 Å². The van der Waals surface area contributed by atoms with Crippen molar-refractivity contribution in [1.82, 2.24) is 0 Å². The second-order valence-corrected chi connectivity index (χ2v) is 2.98. The maximum Gasteiger partial charge on any atom is 0.179 e. The van der Waals surface area contributed by atoms with Crippen LogP contribution in [-0.2, 0) is 0 Å². The van der Waals surface area contributed by atoms with Crippen molar-refractivity contribution in [2.24, 2.45) is 0 Å². The maximum atomic E-state index is 8.89. The van der Waals surface area contributed by atoms with Gasteiger partial charge in [-0.3, -0.25) is 0 Å². The topological polar surface area (TPSA) is 62.5 Å². The molecule has 0 spiro atoms. The summed E-state index contributed by atoms with van der Waals surface area (Å²) in [6, 6.07) is 7.14. The summed E-state index contributed by atoms with van der Waals surface area (Å²) in [5.74, 6) is 0.994. The molecule has 1 unspecified atom stereocenters. The molecule has 4 heteroatoms. The van der Waals surface area contributed by atoms with Crippen LogP contribution in [0.2, 0.25) is 0 Å². The van der Waals surface area contributed by atoms with Crippen LogP contribution in [0.1, 0.15) is 5.56 Å². The molecule has 0 amide bonds. The number of aliphatic hydroxyl groups is 1. The average molecular weight is 191 g/mol. The van der Waals surface area contributed by atoms with Crippen LogP contribution in [0.3, 0.4) is 0 Å². The lowest BCUT2D eigenvalue weighted by Gasteiger charge is -2.25. The molecule has 14 heavy (non-hydrogen) atoms. The Morgan fingerprint density at radius 3 is 3.14 bits per heavy atom. The molecule has 1 aromatic rings. The highest BCUT2D eigenvalue weighted by molar-refractivity contribution is 5.53. The third-order valence-electron chi connectivity index (χ3n) is 2.01. The molecule has 2 rings (SSSR count). The molecule has 1 aromatic carbocycles. The minimum absolute atomic E-state index is 0.112. The molecule has 1 N–H and O–H groups in total. The van der Waals surface area contributed by atoms with Crippen LogP contribution in [0.4, 0.5) is 0 Å². The second kappa shape index (κ2) is 3.56. The maximum absolute atomic E-state index is 8.89. The summed E-state index contributed by atoms with van der Waals surface area (Å²) < 4.78 is 10.7. The summed E-state index contributed by atoms with van der Waals surface area (Å²) in [6.45, 7) is 0.206. The Morgan fingerprint density at radius 1 is 1.57 bits per heavy atom. The fourth-order valence-corrected chi connectivity index (χ4v) is 1.31.